The molecule has 1 aliphatic carbocycles. The zero-order chi connectivity index (χ0) is 13.7. The molecule has 0 atom stereocenters. The topological polar surface area (TPSA) is 47.1 Å². The molecule has 1 aromatic rings. The van der Waals surface area contributed by atoms with Gasteiger partial charge in [0.15, 0.2) is 0 Å². The molecule has 2 N–H and O–H groups in total. The van der Waals surface area contributed by atoms with Gasteiger partial charge in [0.05, 0.1) is 5.69 Å². The summed E-state index contributed by atoms with van der Waals surface area (Å²) in [4.78, 5) is 2.59. The first-order valence-corrected chi connectivity index (χ1v) is 7.69. The fourth-order valence-electron chi connectivity index (χ4n) is 2.91. The molecule has 2 rings (SSSR count). The molecule has 0 bridgehead atoms. The summed E-state index contributed by atoms with van der Waals surface area (Å²) in [5.74, 6) is 0. The molecule has 4 heteroatoms. The first kappa shape index (κ1) is 14.5. The van der Waals surface area contributed by atoms with Crippen molar-refractivity contribution in [2.45, 2.75) is 64.6 Å². The molecule has 1 aromatic heterocycles. The fraction of sp³-hybridized carbons (Fsp3) is 0.800. The summed E-state index contributed by atoms with van der Waals surface area (Å²) in [7, 11) is 0. The zero-order valence-electron chi connectivity index (χ0n) is 12.4. The molecule has 0 unspecified atom stereocenters. The van der Waals surface area contributed by atoms with Crippen molar-refractivity contribution in [3.8, 4) is 0 Å². The molecule has 1 heterocycles. The summed E-state index contributed by atoms with van der Waals surface area (Å²) in [6.07, 6.45) is 8.62. The molecule has 1 fully saturated rings. The molecule has 0 saturated heterocycles. The van der Waals surface area contributed by atoms with E-state index in [1.54, 1.807) is 0 Å². The van der Waals surface area contributed by atoms with Crippen LogP contribution in [0.25, 0.3) is 0 Å². The predicted molar refractivity (Wildman–Crippen MR) is 78.9 cm³/mol. The van der Waals surface area contributed by atoms with Crippen LogP contribution in [0.4, 0.5) is 0 Å². The Bertz CT molecular complexity index is 366. The van der Waals surface area contributed by atoms with E-state index in [0.29, 0.717) is 6.04 Å². The number of nitrogens with two attached hydrogens (primary N) is 1. The van der Waals surface area contributed by atoms with Gasteiger partial charge in [0.25, 0.3) is 0 Å². The molecule has 19 heavy (non-hydrogen) atoms. The summed E-state index contributed by atoms with van der Waals surface area (Å²) in [6, 6.07) is 3.35. The fourth-order valence-corrected chi connectivity index (χ4v) is 2.91. The van der Waals surface area contributed by atoms with Gasteiger partial charge in [0.2, 0.25) is 0 Å². The molecule has 108 valence electrons. The van der Waals surface area contributed by atoms with E-state index < -0.39 is 0 Å². The third-order valence-corrected chi connectivity index (χ3v) is 4.05. The Hall–Kier alpha value is -0.870. The second kappa shape index (κ2) is 7.06. The molecular formula is C15H28N4. The Balaban J connectivity index is 1.97. The predicted octanol–water partition coefficient (Wildman–Crippen LogP) is 2.56. The molecule has 1 saturated carbocycles. The average Bonchev–Trinajstić information content (AvgIpc) is 3.05. The largest absolute Gasteiger partial charge is 0.330 e. The van der Waals surface area contributed by atoms with Crippen molar-refractivity contribution < 1.29 is 0 Å². The van der Waals surface area contributed by atoms with Gasteiger partial charge in [0, 0.05) is 31.4 Å². The lowest BCUT2D eigenvalue weighted by Crippen LogP contribution is -2.34. The van der Waals surface area contributed by atoms with Crippen LogP contribution in [0.2, 0.25) is 0 Å². The minimum absolute atomic E-state index is 0.442. The summed E-state index contributed by atoms with van der Waals surface area (Å²) < 4.78 is 2.05. The number of rotatable bonds is 7. The van der Waals surface area contributed by atoms with Crippen molar-refractivity contribution in [2.24, 2.45) is 5.73 Å². The Morgan fingerprint density at radius 1 is 1.42 bits per heavy atom. The van der Waals surface area contributed by atoms with Crippen LogP contribution in [0, 0.1) is 0 Å². The molecule has 0 amide bonds. The highest BCUT2D eigenvalue weighted by molar-refractivity contribution is 5.00. The van der Waals surface area contributed by atoms with E-state index in [9.17, 15) is 0 Å². The smallest absolute Gasteiger partial charge is 0.0764 e. The van der Waals surface area contributed by atoms with Crippen molar-refractivity contribution in [3.63, 3.8) is 0 Å². The van der Waals surface area contributed by atoms with Gasteiger partial charge in [0.1, 0.15) is 0 Å². The molecule has 4 nitrogen and oxygen atoms in total. The molecule has 0 aliphatic heterocycles. The van der Waals surface area contributed by atoms with Crippen LogP contribution in [-0.4, -0.2) is 33.8 Å². The highest BCUT2D eigenvalue weighted by atomic mass is 15.3. The van der Waals surface area contributed by atoms with Crippen LogP contribution >= 0.6 is 0 Å². The first-order valence-electron chi connectivity index (χ1n) is 7.69. The highest BCUT2D eigenvalue weighted by Crippen LogP contribution is 2.24. The van der Waals surface area contributed by atoms with Crippen molar-refractivity contribution in [2.75, 3.05) is 13.1 Å². The van der Waals surface area contributed by atoms with Crippen molar-refractivity contribution in [1.82, 2.24) is 14.7 Å². The Morgan fingerprint density at radius 3 is 2.74 bits per heavy atom. The second-order valence-corrected chi connectivity index (χ2v) is 5.93. The third-order valence-electron chi connectivity index (χ3n) is 4.05. The van der Waals surface area contributed by atoms with Gasteiger partial charge in [-0.2, -0.15) is 5.10 Å². The van der Waals surface area contributed by atoms with Gasteiger partial charge in [-0.15, -0.1) is 0 Å². The molecule has 0 aromatic carbocycles. The summed E-state index contributed by atoms with van der Waals surface area (Å²) in [6.45, 7) is 7.20. The van der Waals surface area contributed by atoms with E-state index >= 15 is 0 Å². The SMILES string of the molecule is CC(C)n1ccc(CN(CCCN)C2CCCC2)n1. The van der Waals surface area contributed by atoms with Crippen LogP contribution in [0.1, 0.15) is 57.7 Å². The van der Waals surface area contributed by atoms with Gasteiger partial charge in [-0.1, -0.05) is 12.8 Å². The summed E-state index contributed by atoms with van der Waals surface area (Å²) >= 11 is 0. The Kier molecular flexibility index (Phi) is 5.40. The quantitative estimate of drug-likeness (QED) is 0.823. The van der Waals surface area contributed by atoms with E-state index in [1.165, 1.54) is 31.4 Å². The molecule has 0 spiro atoms. The first-order chi connectivity index (χ1) is 9.20. The summed E-state index contributed by atoms with van der Waals surface area (Å²) in [5, 5.41) is 4.67. The number of hydrogen-bond acceptors (Lipinski definition) is 3. The van der Waals surface area contributed by atoms with Crippen molar-refractivity contribution in [1.29, 1.82) is 0 Å². The van der Waals surface area contributed by atoms with Gasteiger partial charge in [-0.3, -0.25) is 9.58 Å². The number of nitrogens with zero attached hydrogens (tertiary/aromatic N) is 3. The molecule has 1 aliphatic rings. The van der Waals surface area contributed by atoms with Crippen LogP contribution in [0.15, 0.2) is 12.3 Å². The maximum absolute atomic E-state index is 5.67. The minimum Gasteiger partial charge on any atom is -0.330 e. The third kappa shape index (κ3) is 4.05. The molecular weight excluding hydrogens is 236 g/mol. The van der Waals surface area contributed by atoms with Gasteiger partial charge in [-0.25, -0.2) is 0 Å². The Labute approximate surface area is 117 Å². The van der Waals surface area contributed by atoms with E-state index in [1.807, 2.05) is 4.68 Å². The minimum atomic E-state index is 0.442. The van der Waals surface area contributed by atoms with E-state index in [4.69, 9.17) is 5.73 Å². The van der Waals surface area contributed by atoms with Crippen molar-refractivity contribution in [3.05, 3.63) is 18.0 Å². The zero-order valence-corrected chi connectivity index (χ0v) is 12.4. The van der Waals surface area contributed by atoms with E-state index in [-0.39, 0.29) is 0 Å². The highest BCUT2D eigenvalue weighted by Gasteiger charge is 2.22. The second-order valence-electron chi connectivity index (χ2n) is 5.93. The lowest BCUT2D eigenvalue weighted by Gasteiger charge is -2.27. The number of hydrogen-bond donors (Lipinski definition) is 1. The van der Waals surface area contributed by atoms with Crippen molar-refractivity contribution >= 4 is 0 Å². The van der Waals surface area contributed by atoms with E-state index in [0.717, 1.165) is 32.1 Å². The lowest BCUT2D eigenvalue weighted by atomic mass is 10.2. The van der Waals surface area contributed by atoms with Crippen LogP contribution < -0.4 is 5.73 Å². The van der Waals surface area contributed by atoms with E-state index in [2.05, 4.69) is 36.1 Å². The van der Waals surface area contributed by atoms with Crippen LogP contribution in [-0.2, 0) is 6.54 Å². The average molecular weight is 264 g/mol. The van der Waals surface area contributed by atoms with Crippen LogP contribution in [0.5, 0.6) is 0 Å². The maximum Gasteiger partial charge on any atom is 0.0764 e. The standard InChI is InChI=1S/C15H28N4/c1-13(2)19-11-8-14(17-19)12-18(10-5-9-16)15-6-3-4-7-15/h8,11,13,15H,3-7,9-10,12,16H2,1-2H3. The lowest BCUT2D eigenvalue weighted by molar-refractivity contribution is 0.185. The molecule has 0 radical (unpaired) electrons. The van der Waals surface area contributed by atoms with Gasteiger partial charge in [-0.05, 0) is 45.7 Å². The monoisotopic (exact) mass is 264 g/mol. The maximum atomic E-state index is 5.67. The normalized spacial score (nSPS) is 16.9. The summed E-state index contributed by atoms with van der Waals surface area (Å²) in [5.41, 5.74) is 6.86. The Morgan fingerprint density at radius 2 is 2.16 bits per heavy atom. The van der Waals surface area contributed by atoms with Gasteiger partial charge >= 0.3 is 0 Å². The number of aromatic nitrogens is 2. The van der Waals surface area contributed by atoms with Gasteiger partial charge < -0.3 is 5.73 Å². The van der Waals surface area contributed by atoms with Crippen LogP contribution in [0.3, 0.4) is 0 Å².